The van der Waals surface area contributed by atoms with E-state index >= 15 is 0 Å². The number of hydrogen-bond donors (Lipinski definition) is 4. The fourth-order valence-corrected chi connectivity index (χ4v) is 1.36. The maximum Gasteiger partial charge on any atom is 0.118 e. The first-order valence-electron chi connectivity index (χ1n) is 5.50. The zero-order valence-electron chi connectivity index (χ0n) is 10.5. The summed E-state index contributed by atoms with van der Waals surface area (Å²) in [7, 11) is 0. The monoisotopic (exact) mass is 246 g/mol. The largest absolute Gasteiger partial charge is 0.508 e. The number of anilines is 2. The highest BCUT2D eigenvalue weighted by molar-refractivity contribution is 5.47. The van der Waals surface area contributed by atoms with E-state index in [1.54, 1.807) is 36.4 Å². The normalized spacial score (nSPS) is 9.44. The van der Waals surface area contributed by atoms with Gasteiger partial charge in [-0.3, -0.25) is 0 Å². The van der Waals surface area contributed by atoms with Crippen molar-refractivity contribution in [2.75, 3.05) is 11.5 Å². The third-order valence-corrected chi connectivity index (χ3v) is 2.44. The fraction of sp³-hybridized carbons (Fsp3) is 0.143. The topological polar surface area (TPSA) is 92.5 Å². The Morgan fingerprint density at radius 1 is 0.722 bits per heavy atom. The van der Waals surface area contributed by atoms with E-state index in [1.807, 2.05) is 13.8 Å². The number of benzene rings is 2. The Labute approximate surface area is 106 Å². The molecule has 0 atom stereocenters. The van der Waals surface area contributed by atoms with E-state index in [0.717, 1.165) is 11.1 Å². The third kappa shape index (κ3) is 3.90. The highest BCUT2D eigenvalue weighted by atomic mass is 16.3. The first-order chi connectivity index (χ1) is 8.40. The molecule has 2 aromatic rings. The van der Waals surface area contributed by atoms with Gasteiger partial charge in [0, 0.05) is 11.4 Å². The Morgan fingerprint density at radius 3 is 1.28 bits per heavy atom. The van der Waals surface area contributed by atoms with Gasteiger partial charge in [0.1, 0.15) is 11.5 Å². The van der Waals surface area contributed by atoms with E-state index in [2.05, 4.69) is 0 Å². The van der Waals surface area contributed by atoms with Crippen LogP contribution in [0.3, 0.4) is 0 Å². The average Bonchev–Trinajstić information content (AvgIpc) is 2.30. The summed E-state index contributed by atoms with van der Waals surface area (Å²) in [5.41, 5.74) is 13.8. The van der Waals surface area contributed by atoms with Gasteiger partial charge >= 0.3 is 0 Å². The zero-order chi connectivity index (χ0) is 13.7. The van der Waals surface area contributed by atoms with Crippen LogP contribution in [-0.4, -0.2) is 10.2 Å². The second kappa shape index (κ2) is 5.82. The molecular formula is C14H18N2O2. The molecule has 0 aliphatic heterocycles. The number of phenolic OH excluding ortho intramolecular Hbond substituents is 2. The maximum atomic E-state index is 8.99. The van der Waals surface area contributed by atoms with Crippen LogP contribution in [0.2, 0.25) is 0 Å². The molecule has 96 valence electrons. The van der Waals surface area contributed by atoms with Gasteiger partial charge in [0.25, 0.3) is 0 Å². The van der Waals surface area contributed by atoms with Gasteiger partial charge < -0.3 is 21.7 Å². The third-order valence-electron chi connectivity index (χ3n) is 2.44. The summed E-state index contributed by atoms with van der Waals surface area (Å²) >= 11 is 0. The molecule has 0 saturated heterocycles. The van der Waals surface area contributed by atoms with Gasteiger partial charge in [-0.05, 0) is 61.4 Å². The molecule has 2 aromatic carbocycles. The van der Waals surface area contributed by atoms with Crippen molar-refractivity contribution < 1.29 is 10.2 Å². The molecule has 0 amide bonds. The molecule has 0 aliphatic rings. The summed E-state index contributed by atoms with van der Waals surface area (Å²) in [5.74, 6) is 0.591. The fourth-order valence-electron chi connectivity index (χ4n) is 1.36. The molecule has 0 bridgehead atoms. The number of rotatable bonds is 0. The van der Waals surface area contributed by atoms with Crippen LogP contribution in [0.5, 0.6) is 11.5 Å². The number of nitrogen functional groups attached to an aromatic ring is 2. The van der Waals surface area contributed by atoms with Crippen LogP contribution in [0, 0.1) is 13.8 Å². The van der Waals surface area contributed by atoms with Gasteiger partial charge in [-0.25, -0.2) is 0 Å². The minimum absolute atomic E-state index is 0.296. The van der Waals surface area contributed by atoms with Crippen molar-refractivity contribution in [3.05, 3.63) is 47.5 Å². The Bertz CT molecular complexity index is 490. The minimum atomic E-state index is 0.296. The summed E-state index contributed by atoms with van der Waals surface area (Å²) in [6.07, 6.45) is 0. The summed E-state index contributed by atoms with van der Waals surface area (Å²) in [6.45, 7) is 3.62. The molecule has 0 spiro atoms. The molecule has 18 heavy (non-hydrogen) atoms. The SMILES string of the molecule is Cc1cc(N)ccc1O.Cc1cc(N)ccc1O. The molecule has 6 N–H and O–H groups in total. The molecule has 0 fully saturated rings. The Balaban J connectivity index is 0.000000180. The summed E-state index contributed by atoms with van der Waals surface area (Å²) in [6, 6.07) is 9.98. The molecule has 4 heteroatoms. The van der Waals surface area contributed by atoms with Gasteiger partial charge in [-0.2, -0.15) is 0 Å². The smallest absolute Gasteiger partial charge is 0.118 e. The number of hydrogen-bond acceptors (Lipinski definition) is 4. The Morgan fingerprint density at radius 2 is 1.06 bits per heavy atom. The van der Waals surface area contributed by atoms with Crippen LogP contribution < -0.4 is 11.5 Å². The Kier molecular flexibility index (Phi) is 4.43. The van der Waals surface area contributed by atoms with Gasteiger partial charge in [0.05, 0.1) is 0 Å². The van der Waals surface area contributed by atoms with Crippen molar-refractivity contribution in [2.24, 2.45) is 0 Å². The van der Waals surface area contributed by atoms with Gasteiger partial charge in [-0.1, -0.05) is 0 Å². The van der Waals surface area contributed by atoms with Crippen LogP contribution in [0.1, 0.15) is 11.1 Å². The second-order valence-corrected chi connectivity index (χ2v) is 4.09. The predicted octanol–water partition coefficient (Wildman–Crippen LogP) is 2.57. The van der Waals surface area contributed by atoms with Crippen molar-refractivity contribution in [3.63, 3.8) is 0 Å². The van der Waals surface area contributed by atoms with Crippen LogP contribution in [0.25, 0.3) is 0 Å². The lowest BCUT2D eigenvalue weighted by Crippen LogP contribution is -1.84. The van der Waals surface area contributed by atoms with E-state index in [1.165, 1.54) is 0 Å². The van der Waals surface area contributed by atoms with Gasteiger partial charge in [0.2, 0.25) is 0 Å². The van der Waals surface area contributed by atoms with Gasteiger partial charge in [-0.15, -0.1) is 0 Å². The van der Waals surface area contributed by atoms with E-state index < -0.39 is 0 Å². The lowest BCUT2D eigenvalue weighted by atomic mass is 10.2. The van der Waals surface area contributed by atoms with Crippen LogP contribution in [-0.2, 0) is 0 Å². The van der Waals surface area contributed by atoms with Crippen LogP contribution in [0.4, 0.5) is 11.4 Å². The highest BCUT2D eigenvalue weighted by Crippen LogP contribution is 2.18. The molecule has 2 rings (SSSR count). The first kappa shape index (κ1) is 13.7. The molecule has 0 aliphatic carbocycles. The van der Waals surface area contributed by atoms with Crippen LogP contribution >= 0.6 is 0 Å². The number of phenols is 2. The first-order valence-corrected chi connectivity index (χ1v) is 5.50. The van der Waals surface area contributed by atoms with Crippen molar-refractivity contribution in [1.82, 2.24) is 0 Å². The maximum absolute atomic E-state index is 8.99. The quantitative estimate of drug-likeness (QED) is 0.424. The summed E-state index contributed by atoms with van der Waals surface area (Å²) in [5, 5.41) is 18.0. The summed E-state index contributed by atoms with van der Waals surface area (Å²) in [4.78, 5) is 0. The average molecular weight is 246 g/mol. The van der Waals surface area contributed by atoms with Crippen molar-refractivity contribution >= 4 is 11.4 Å². The molecule has 0 heterocycles. The minimum Gasteiger partial charge on any atom is -0.508 e. The Hall–Kier alpha value is -2.36. The van der Waals surface area contributed by atoms with Crippen molar-refractivity contribution in [1.29, 1.82) is 0 Å². The van der Waals surface area contributed by atoms with E-state index in [-0.39, 0.29) is 0 Å². The lowest BCUT2D eigenvalue weighted by molar-refractivity contribution is 0.471. The van der Waals surface area contributed by atoms with Gasteiger partial charge in [0.15, 0.2) is 0 Å². The zero-order valence-corrected chi connectivity index (χ0v) is 10.5. The number of aromatic hydroxyl groups is 2. The number of nitrogens with two attached hydrogens (primary N) is 2. The summed E-state index contributed by atoms with van der Waals surface area (Å²) < 4.78 is 0. The predicted molar refractivity (Wildman–Crippen MR) is 74.5 cm³/mol. The molecule has 4 nitrogen and oxygen atoms in total. The standard InChI is InChI=1S/2C7H9NO/c2*1-5-4-6(8)2-3-7(5)9/h2*2-4,9H,8H2,1H3. The molecule has 0 radical (unpaired) electrons. The second-order valence-electron chi connectivity index (χ2n) is 4.09. The molecule has 0 aromatic heterocycles. The highest BCUT2D eigenvalue weighted by Gasteiger charge is 1.93. The van der Waals surface area contributed by atoms with E-state index in [9.17, 15) is 0 Å². The molecule has 0 unspecified atom stereocenters. The van der Waals surface area contributed by atoms with E-state index in [4.69, 9.17) is 21.7 Å². The van der Waals surface area contributed by atoms with Crippen molar-refractivity contribution in [3.8, 4) is 11.5 Å². The van der Waals surface area contributed by atoms with E-state index in [0.29, 0.717) is 22.9 Å². The van der Waals surface area contributed by atoms with Crippen LogP contribution in [0.15, 0.2) is 36.4 Å². The molecule has 0 saturated carbocycles. The number of aryl methyl sites for hydroxylation is 2. The molecular weight excluding hydrogens is 228 g/mol. The van der Waals surface area contributed by atoms with Crippen molar-refractivity contribution in [2.45, 2.75) is 13.8 Å². The lowest BCUT2D eigenvalue weighted by Gasteiger charge is -1.97.